The first-order valence-electron chi connectivity index (χ1n) is 6.72. The molecule has 0 saturated carbocycles. The Morgan fingerprint density at radius 1 is 1.52 bits per heavy atom. The highest BCUT2D eigenvalue weighted by molar-refractivity contribution is 8.26. The molecule has 1 saturated heterocycles. The Hall–Kier alpha value is -1.51. The maximum absolute atomic E-state index is 12.5. The van der Waals surface area contributed by atoms with Crippen LogP contribution in [0.15, 0.2) is 29.2 Å². The molecule has 1 aromatic rings. The molecular formula is C15H15NO4S3. The van der Waals surface area contributed by atoms with Crippen LogP contribution < -0.4 is 0 Å². The van der Waals surface area contributed by atoms with Crippen LogP contribution in [0.4, 0.5) is 0 Å². The number of thiocarbonyl (C=S) groups is 1. The van der Waals surface area contributed by atoms with Gasteiger partial charge in [-0.1, -0.05) is 36.1 Å². The number of amides is 1. The number of carbonyl (C=O) groups is 2. The third-order valence-corrected chi connectivity index (χ3v) is 5.16. The van der Waals surface area contributed by atoms with Gasteiger partial charge in [-0.25, -0.2) is 4.79 Å². The van der Waals surface area contributed by atoms with Crippen molar-refractivity contribution in [2.45, 2.75) is 12.5 Å². The van der Waals surface area contributed by atoms with Crippen LogP contribution in [0.1, 0.15) is 12.0 Å². The minimum Gasteiger partial charge on any atom is -0.508 e. The number of carboxylic acid groups (broad SMARTS) is 1. The van der Waals surface area contributed by atoms with Crippen LogP contribution in [0.2, 0.25) is 0 Å². The molecule has 1 fully saturated rings. The molecule has 1 aliphatic rings. The number of hydrogen-bond donors (Lipinski definition) is 2. The summed E-state index contributed by atoms with van der Waals surface area (Å²) in [6, 6.07) is 5.51. The van der Waals surface area contributed by atoms with Gasteiger partial charge in [0.25, 0.3) is 5.91 Å². The Balaban J connectivity index is 2.26. The molecule has 2 N–H and O–H groups in total. The van der Waals surface area contributed by atoms with E-state index in [0.717, 1.165) is 11.8 Å². The predicted molar refractivity (Wildman–Crippen MR) is 97.5 cm³/mol. The Morgan fingerprint density at radius 2 is 2.26 bits per heavy atom. The number of hydrogen-bond acceptors (Lipinski definition) is 6. The van der Waals surface area contributed by atoms with Crippen LogP contribution in [-0.4, -0.2) is 49.4 Å². The zero-order chi connectivity index (χ0) is 17.0. The lowest BCUT2D eigenvalue weighted by molar-refractivity contribution is -0.145. The Bertz CT molecular complexity index is 674. The average Bonchev–Trinajstić information content (AvgIpc) is 2.75. The largest absolute Gasteiger partial charge is 0.508 e. The summed E-state index contributed by atoms with van der Waals surface area (Å²) in [5.41, 5.74) is 0.654. The van der Waals surface area contributed by atoms with Crippen molar-refractivity contribution >= 4 is 58.0 Å². The second kappa shape index (κ2) is 7.85. The van der Waals surface area contributed by atoms with Crippen molar-refractivity contribution in [1.82, 2.24) is 4.90 Å². The highest BCUT2D eigenvalue weighted by Gasteiger charge is 2.40. The van der Waals surface area contributed by atoms with E-state index in [-0.39, 0.29) is 10.1 Å². The van der Waals surface area contributed by atoms with E-state index in [1.165, 1.54) is 28.8 Å². The molecule has 1 amide bonds. The molecule has 1 aromatic carbocycles. The molecular weight excluding hydrogens is 354 g/mol. The van der Waals surface area contributed by atoms with Crippen molar-refractivity contribution in [3.8, 4) is 5.75 Å². The van der Waals surface area contributed by atoms with Gasteiger partial charge in [-0.15, -0.1) is 0 Å². The summed E-state index contributed by atoms with van der Waals surface area (Å²) < 4.78 is 0.245. The van der Waals surface area contributed by atoms with Crippen LogP contribution in [0.25, 0.3) is 6.08 Å². The number of aromatic hydroxyl groups is 1. The molecule has 23 heavy (non-hydrogen) atoms. The lowest BCUT2D eigenvalue weighted by Gasteiger charge is -2.22. The second-order valence-electron chi connectivity index (χ2n) is 4.78. The maximum atomic E-state index is 12.5. The molecule has 0 radical (unpaired) electrons. The van der Waals surface area contributed by atoms with Crippen LogP contribution >= 0.6 is 35.7 Å². The van der Waals surface area contributed by atoms with Crippen molar-refractivity contribution in [3.63, 3.8) is 0 Å². The van der Waals surface area contributed by atoms with E-state index in [1.807, 2.05) is 6.26 Å². The average molecular weight is 369 g/mol. The molecule has 1 unspecified atom stereocenters. The summed E-state index contributed by atoms with van der Waals surface area (Å²) in [5.74, 6) is -0.747. The molecule has 122 valence electrons. The Labute approximate surface area is 147 Å². The molecule has 0 spiro atoms. The zero-order valence-electron chi connectivity index (χ0n) is 12.3. The first kappa shape index (κ1) is 17.8. The monoisotopic (exact) mass is 369 g/mol. The van der Waals surface area contributed by atoms with E-state index in [1.54, 1.807) is 18.2 Å². The molecule has 0 bridgehead atoms. The van der Waals surface area contributed by atoms with Crippen molar-refractivity contribution in [2.75, 3.05) is 12.0 Å². The van der Waals surface area contributed by atoms with E-state index in [9.17, 15) is 19.8 Å². The van der Waals surface area contributed by atoms with Gasteiger partial charge in [-0.05, 0) is 42.2 Å². The van der Waals surface area contributed by atoms with E-state index in [4.69, 9.17) is 12.2 Å². The normalized spacial score (nSPS) is 17.8. The molecule has 1 aliphatic heterocycles. The van der Waals surface area contributed by atoms with Crippen LogP contribution in [0.3, 0.4) is 0 Å². The standard InChI is InChI=1S/C15H15NO4S3/c1-22-6-5-11(14(19)20)16-13(18)12(23-15(16)21)8-9-3-2-4-10(17)7-9/h2-4,7-8,11,17H,5-6H2,1H3,(H,19,20). The number of rotatable bonds is 6. The fourth-order valence-electron chi connectivity index (χ4n) is 2.11. The van der Waals surface area contributed by atoms with E-state index in [0.29, 0.717) is 22.6 Å². The topological polar surface area (TPSA) is 77.8 Å². The third kappa shape index (κ3) is 4.27. The van der Waals surface area contributed by atoms with Crippen molar-refractivity contribution in [2.24, 2.45) is 0 Å². The van der Waals surface area contributed by atoms with Crippen molar-refractivity contribution < 1.29 is 19.8 Å². The fourth-order valence-corrected chi connectivity index (χ4v) is 3.92. The number of benzene rings is 1. The summed E-state index contributed by atoms with van der Waals surface area (Å²) >= 11 is 7.79. The summed E-state index contributed by atoms with van der Waals surface area (Å²) in [6.45, 7) is 0. The maximum Gasteiger partial charge on any atom is 0.326 e. The Kier molecular flexibility index (Phi) is 6.09. The van der Waals surface area contributed by atoms with Crippen molar-refractivity contribution in [1.29, 1.82) is 0 Å². The van der Waals surface area contributed by atoms with Crippen LogP contribution in [-0.2, 0) is 9.59 Å². The number of thioether (sulfide) groups is 2. The van der Waals surface area contributed by atoms with Gasteiger partial charge in [-0.3, -0.25) is 9.69 Å². The fraction of sp³-hybridized carbons (Fsp3) is 0.267. The number of carboxylic acids is 1. The molecule has 8 heteroatoms. The highest BCUT2D eigenvalue weighted by atomic mass is 32.2. The van der Waals surface area contributed by atoms with Gasteiger partial charge in [0, 0.05) is 0 Å². The van der Waals surface area contributed by atoms with Gasteiger partial charge in [0.05, 0.1) is 4.91 Å². The first-order valence-corrected chi connectivity index (χ1v) is 9.33. The first-order chi connectivity index (χ1) is 10.9. The quantitative estimate of drug-likeness (QED) is 0.590. The second-order valence-corrected chi connectivity index (χ2v) is 7.44. The molecule has 5 nitrogen and oxygen atoms in total. The minimum atomic E-state index is -1.06. The van der Waals surface area contributed by atoms with Gasteiger partial charge in [0.15, 0.2) is 0 Å². The lowest BCUT2D eigenvalue weighted by atomic mass is 10.1. The van der Waals surface area contributed by atoms with Crippen LogP contribution in [0.5, 0.6) is 5.75 Å². The smallest absolute Gasteiger partial charge is 0.326 e. The summed E-state index contributed by atoms with van der Waals surface area (Å²) in [7, 11) is 0. The summed E-state index contributed by atoms with van der Waals surface area (Å²) in [4.78, 5) is 25.5. The van der Waals surface area contributed by atoms with Gasteiger partial charge in [0.1, 0.15) is 16.1 Å². The minimum absolute atomic E-state index is 0.0950. The number of phenols is 1. The van der Waals surface area contributed by atoms with E-state index >= 15 is 0 Å². The predicted octanol–water partition coefficient (Wildman–Crippen LogP) is 2.80. The van der Waals surface area contributed by atoms with Gasteiger partial charge < -0.3 is 10.2 Å². The van der Waals surface area contributed by atoms with E-state index in [2.05, 4.69) is 0 Å². The molecule has 2 rings (SSSR count). The van der Waals surface area contributed by atoms with Gasteiger partial charge in [0.2, 0.25) is 0 Å². The van der Waals surface area contributed by atoms with Crippen molar-refractivity contribution in [3.05, 3.63) is 34.7 Å². The SMILES string of the molecule is CSCCC(C(=O)O)N1C(=O)C(=Cc2cccc(O)c2)SC1=S. The third-order valence-electron chi connectivity index (χ3n) is 3.18. The zero-order valence-corrected chi connectivity index (χ0v) is 14.7. The number of aliphatic carboxylic acids is 1. The molecule has 1 heterocycles. The Morgan fingerprint density at radius 3 is 2.87 bits per heavy atom. The number of phenolic OH excluding ortho intramolecular Hbond substituents is 1. The van der Waals surface area contributed by atoms with Crippen LogP contribution in [0, 0.1) is 0 Å². The highest BCUT2D eigenvalue weighted by Crippen LogP contribution is 2.35. The molecule has 0 aromatic heterocycles. The number of nitrogens with zero attached hydrogens (tertiary/aromatic N) is 1. The van der Waals surface area contributed by atoms with Gasteiger partial charge >= 0.3 is 5.97 Å². The van der Waals surface area contributed by atoms with E-state index < -0.39 is 17.9 Å². The molecule has 0 aliphatic carbocycles. The lowest BCUT2D eigenvalue weighted by Crippen LogP contribution is -2.44. The number of carbonyl (C=O) groups excluding carboxylic acids is 1. The van der Waals surface area contributed by atoms with Gasteiger partial charge in [-0.2, -0.15) is 11.8 Å². The summed E-state index contributed by atoms with van der Waals surface area (Å²) in [5, 5.41) is 18.9. The molecule has 1 atom stereocenters. The summed E-state index contributed by atoms with van der Waals surface area (Å²) in [6.07, 6.45) is 3.82.